The summed E-state index contributed by atoms with van der Waals surface area (Å²) in [5, 5.41) is 2.97. The van der Waals surface area contributed by atoms with Gasteiger partial charge in [0.2, 0.25) is 18.4 Å². The number of amides is 1. The summed E-state index contributed by atoms with van der Waals surface area (Å²) in [7, 11) is 3.19. The molecule has 1 N–H and O–H groups in total. The van der Waals surface area contributed by atoms with E-state index in [2.05, 4.69) is 21.2 Å². The average molecular weight is 528 g/mol. The average Bonchev–Trinajstić information content (AvgIpc) is 3.33. The molecule has 0 fully saturated rings. The Balaban J connectivity index is 1.37. The number of methoxy groups -OCH3 is 2. The number of halogens is 1. The third kappa shape index (κ3) is 5.56. The molecule has 0 saturated heterocycles. The van der Waals surface area contributed by atoms with Crippen molar-refractivity contribution < 1.29 is 28.5 Å². The highest BCUT2D eigenvalue weighted by molar-refractivity contribution is 9.10. The quantitative estimate of drug-likeness (QED) is 0.412. The first-order chi connectivity index (χ1) is 16.6. The fourth-order valence-corrected chi connectivity index (χ4v) is 4.16. The Labute approximate surface area is 207 Å². The van der Waals surface area contributed by atoms with Crippen molar-refractivity contribution in [3.8, 4) is 28.7 Å². The summed E-state index contributed by atoms with van der Waals surface area (Å²) in [5.41, 5.74) is 2.79. The van der Waals surface area contributed by atoms with E-state index in [0.29, 0.717) is 48.3 Å². The van der Waals surface area contributed by atoms with E-state index in [4.69, 9.17) is 23.7 Å². The van der Waals surface area contributed by atoms with Crippen LogP contribution >= 0.6 is 15.9 Å². The van der Waals surface area contributed by atoms with Gasteiger partial charge in [0, 0.05) is 16.6 Å². The normalized spacial score (nSPS) is 11.7. The van der Waals surface area contributed by atoms with Crippen molar-refractivity contribution in [1.82, 2.24) is 5.32 Å². The molecule has 178 valence electrons. The Kier molecular flexibility index (Phi) is 7.80. The molecular weight excluding hydrogens is 502 g/mol. The summed E-state index contributed by atoms with van der Waals surface area (Å²) in [5.74, 6) is 3.00. The molecule has 0 saturated carbocycles. The predicted molar refractivity (Wildman–Crippen MR) is 131 cm³/mol. The van der Waals surface area contributed by atoms with Gasteiger partial charge in [-0.05, 0) is 35.7 Å². The van der Waals surface area contributed by atoms with Crippen molar-refractivity contribution in [3.63, 3.8) is 0 Å². The summed E-state index contributed by atoms with van der Waals surface area (Å²) in [6, 6.07) is 17.3. The topological polar surface area (TPSA) is 75.3 Å². The van der Waals surface area contributed by atoms with Crippen LogP contribution in [0.15, 0.2) is 59.1 Å². The number of hydrogen-bond acceptors (Lipinski definition) is 6. The Hall–Kier alpha value is -3.39. The zero-order valence-corrected chi connectivity index (χ0v) is 20.6. The van der Waals surface area contributed by atoms with Crippen molar-refractivity contribution in [3.05, 3.63) is 75.8 Å². The number of benzene rings is 3. The van der Waals surface area contributed by atoms with Crippen LogP contribution in [-0.2, 0) is 24.2 Å². The van der Waals surface area contributed by atoms with Gasteiger partial charge in [-0.15, -0.1) is 0 Å². The number of carbonyl (C=O) groups excluding carboxylic acids is 1. The zero-order chi connectivity index (χ0) is 23.9. The molecule has 0 unspecified atom stereocenters. The number of rotatable bonds is 10. The van der Waals surface area contributed by atoms with Gasteiger partial charge in [0.25, 0.3) is 0 Å². The summed E-state index contributed by atoms with van der Waals surface area (Å²) >= 11 is 3.54. The number of hydrogen-bond donors (Lipinski definition) is 1. The van der Waals surface area contributed by atoms with Crippen molar-refractivity contribution in [2.75, 3.05) is 27.6 Å². The molecule has 8 heteroatoms. The SMILES string of the molecule is COc1cc(Br)c(CC(=O)NCCc2ccc3c(c2OC)OCO3)cc1OCc1ccccc1. The molecule has 0 aromatic heterocycles. The largest absolute Gasteiger partial charge is 0.493 e. The summed E-state index contributed by atoms with van der Waals surface area (Å²) in [6.07, 6.45) is 0.797. The first-order valence-corrected chi connectivity index (χ1v) is 11.6. The monoisotopic (exact) mass is 527 g/mol. The second-order valence-electron chi connectivity index (χ2n) is 7.64. The van der Waals surface area contributed by atoms with Crippen molar-refractivity contribution in [2.45, 2.75) is 19.4 Å². The Morgan fingerprint density at radius 2 is 1.82 bits per heavy atom. The summed E-state index contributed by atoms with van der Waals surface area (Å²) in [6.45, 7) is 1.04. The van der Waals surface area contributed by atoms with E-state index >= 15 is 0 Å². The Bertz CT molecular complexity index is 1150. The van der Waals surface area contributed by atoms with E-state index < -0.39 is 0 Å². The lowest BCUT2D eigenvalue weighted by Crippen LogP contribution is -2.27. The van der Waals surface area contributed by atoms with E-state index in [1.807, 2.05) is 54.6 Å². The fourth-order valence-electron chi connectivity index (χ4n) is 3.70. The van der Waals surface area contributed by atoms with Gasteiger partial charge in [0.15, 0.2) is 23.0 Å². The molecule has 1 amide bonds. The third-order valence-corrected chi connectivity index (χ3v) is 6.15. The molecule has 0 spiro atoms. The minimum atomic E-state index is -0.0976. The fraction of sp³-hybridized carbons (Fsp3) is 0.269. The van der Waals surface area contributed by atoms with Crippen LogP contribution < -0.4 is 29.0 Å². The van der Waals surface area contributed by atoms with Gasteiger partial charge in [-0.1, -0.05) is 52.3 Å². The van der Waals surface area contributed by atoms with Crippen molar-refractivity contribution in [2.24, 2.45) is 0 Å². The molecule has 0 radical (unpaired) electrons. The van der Waals surface area contributed by atoms with E-state index in [-0.39, 0.29) is 19.1 Å². The van der Waals surface area contributed by atoms with Gasteiger partial charge >= 0.3 is 0 Å². The van der Waals surface area contributed by atoms with Gasteiger partial charge in [-0.25, -0.2) is 0 Å². The van der Waals surface area contributed by atoms with E-state index in [9.17, 15) is 4.79 Å². The highest BCUT2D eigenvalue weighted by Crippen LogP contribution is 2.43. The van der Waals surface area contributed by atoms with Gasteiger partial charge in [0.1, 0.15) is 6.61 Å². The van der Waals surface area contributed by atoms with Crippen LogP contribution in [0.4, 0.5) is 0 Å². The lowest BCUT2D eigenvalue weighted by Gasteiger charge is -2.15. The molecule has 1 aliphatic rings. The first kappa shape index (κ1) is 23.8. The number of nitrogens with one attached hydrogen (secondary N) is 1. The van der Waals surface area contributed by atoms with Gasteiger partial charge < -0.3 is 29.0 Å². The molecule has 1 heterocycles. The smallest absolute Gasteiger partial charge is 0.231 e. The molecule has 0 aliphatic carbocycles. The highest BCUT2D eigenvalue weighted by Gasteiger charge is 2.21. The van der Waals surface area contributed by atoms with Crippen LogP contribution in [0.3, 0.4) is 0 Å². The predicted octanol–water partition coefficient (Wildman–Crippen LogP) is 4.68. The second-order valence-corrected chi connectivity index (χ2v) is 8.49. The van der Waals surface area contributed by atoms with Gasteiger partial charge in [-0.3, -0.25) is 4.79 Å². The van der Waals surface area contributed by atoms with E-state index in [0.717, 1.165) is 21.2 Å². The van der Waals surface area contributed by atoms with Crippen molar-refractivity contribution in [1.29, 1.82) is 0 Å². The maximum absolute atomic E-state index is 12.7. The molecule has 1 aliphatic heterocycles. The highest BCUT2D eigenvalue weighted by atomic mass is 79.9. The molecule has 0 atom stereocenters. The molecule has 34 heavy (non-hydrogen) atoms. The minimum Gasteiger partial charge on any atom is -0.493 e. The van der Waals surface area contributed by atoms with Gasteiger partial charge in [-0.2, -0.15) is 0 Å². The zero-order valence-electron chi connectivity index (χ0n) is 19.1. The van der Waals surface area contributed by atoms with Crippen LogP contribution in [-0.4, -0.2) is 33.5 Å². The minimum absolute atomic E-state index is 0.0976. The van der Waals surface area contributed by atoms with E-state index in [1.54, 1.807) is 14.2 Å². The van der Waals surface area contributed by atoms with Crippen LogP contribution in [0.1, 0.15) is 16.7 Å². The Morgan fingerprint density at radius 1 is 1.00 bits per heavy atom. The number of fused-ring (bicyclic) bond motifs is 1. The standard InChI is InChI=1S/C26H26BrNO6/c1-30-22-14-20(27)19(12-23(22)32-15-17-6-4-3-5-7-17)13-24(29)28-11-10-18-8-9-21-26(25(18)31-2)34-16-33-21/h3-9,12,14H,10-11,13,15-16H2,1-2H3,(H,28,29). The second kappa shape index (κ2) is 11.2. The maximum atomic E-state index is 12.7. The van der Waals surface area contributed by atoms with Crippen LogP contribution in [0.5, 0.6) is 28.7 Å². The summed E-state index contributed by atoms with van der Waals surface area (Å²) < 4.78 is 28.6. The van der Waals surface area contributed by atoms with E-state index in [1.165, 1.54) is 0 Å². The maximum Gasteiger partial charge on any atom is 0.231 e. The molecule has 4 rings (SSSR count). The third-order valence-electron chi connectivity index (χ3n) is 5.42. The molecule has 0 bridgehead atoms. The van der Waals surface area contributed by atoms with Crippen LogP contribution in [0.2, 0.25) is 0 Å². The molecule has 7 nitrogen and oxygen atoms in total. The first-order valence-electron chi connectivity index (χ1n) is 10.8. The van der Waals surface area contributed by atoms with Crippen molar-refractivity contribution >= 4 is 21.8 Å². The Morgan fingerprint density at radius 3 is 2.59 bits per heavy atom. The summed E-state index contributed by atoms with van der Waals surface area (Å²) in [4.78, 5) is 12.7. The van der Waals surface area contributed by atoms with Gasteiger partial charge in [0.05, 0.1) is 20.6 Å². The van der Waals surface area contributed by atoms with Crippen LogP contribution in [0, 0.1) is 0 Å². The molecule has 3 aromatic rings. The number of ether oxygens (including phenoxy) is 5. The molecule has 3 aromatic carbocycles. The lowest BCUT2D eigenvalue weighted by atomic mass is 10.1. The number of carbonyl (C=O) groups is 1. The van der Waals surface area contributed by atoms with Crippen LogP contribution in [0.25, 0.3) is 0 Å². The lowest BCUT2D eigenvalue weighted by molar-refractivity contribution is -0.120. The molecular formula is C26H26BrNO6.